The van der Waals surface area contributed by atoms with Crippen molar-refractivity contribution in [3.63, 3.8) is 0 Å². The fraction of sp³-hybridized carbons (Fsp3) is 0.308. The van der Waals surface area contributed by atoms with Crippen LogP contribution in [0.1, 0.15) is 11.1 Å². The van der Waals surface area contributed by atoms with E-state index in [4.69, 9.17) is 0 Å². The molecule has 1 aliphatic rings. The van der Waals surface area contributed by atoms with Crippen molar-refractivity contribution in [1.82, 2.24) is 9.88 Å². The van der Waals surface area contributed by atoms with Gasteiger partial charge in [-0.3, -0.25) is 4.79 Å². The lowest BCUT2D eigenvalue weighted by molar-refractivity contribution is 0.633. The minimum absolute atomic E-state index is 0.117. The molecule has 0 aliphatic carbocycles. The normalized spacial score (nSPS) is 14.9. The van der Waals surface area contributed by atoms with E-state index in [1.54, 1.807) is 4.57 Å². The molecular weight excluding hydrogens is 280 g/mol. The van der Waals surface area contributed by atoms with E-state index in [2.05, 4.69) is 27.3 Å². The van der Waals surface area contributed by atoms with Gasteiger partial charge in [0.2, 0.25) is 0 Å². The number of benzene rings is 1. The van der Waals surface area contributed by atoms with Crippen molar-refractivity contribution in [3.8, 4) is 0 Å². The number of nitrogens with zero attached hydrogens (tertiary/aromatic N) is 1. The second-order valence-electron chi connectivity index (χ2n) is 4.38. The van der Waals surface area contributed by atoms with Crippen molar-refractivity contribution in [2.75, 3.05) is 6.54 Å². The summed E-state index contributed by atoms with van der Waals surface area (Å²) in [5.74, 6) is 0. The first kappa shape index (κ1) is 11.0. The molecule has 2 heterocycles. The van der Waals surface area contributed by atoms with E-state index >= 15 is 0 Å². The third-order valence-electron chi connectivity index (χ3n) is 3.43. The Hall–Kier alpha value is -1.13. The van der Waals surface area contributed by atoms with E-state index in [1.165, 1.54) is 10.9 Å². The SMILES string of the molecule is Cn1c(=O)c2c(c3cccc(Br)c31)CCNC2. The molecule has 0 fully saturated rings. The summed E-state index contributed by atoms with van der Waals surface area (Å²) in [7, 11) is 1.84. The van der Waals surface area contributed by atoms with Gasteiger partial charge in [0.25, 0.3) is 5.56 Å². The van der Waals surface area contributed by atoms with Crippen LogP contribution < -0.4 is 10.9 Å². The zero-order valence-corrected chi connectivity index (χ0v) is 11.2. The highest BCUT2D eigenvalue weighted by Crippen LogP contribution is 2.27. The van der Waals surface area contributed by atoms with Crippen LogP contribution in [0.25, 0.3) is 10.9 Å². The lowest BCUT2D eigenvalue weighted by Gasteiger charge is -2.20. The van der Waals surface area contributed by atoms with Crippen LogP contribution in [-0.4, -0.2) is 11.1 Å². The summed E-state index contributed by atoms with van der Waals surface area (Å²) in [5, 5.41) is 4.46. The zero-order chi connectivity index (χ0) is 12.0. The summed E-state index contributed by atoms with van der Waals surface area (Å²) >= 11 is 3.53. The van der Waals surface area contributed by atoms with Crippen LogP contribution in [0.4, 0.5) is 0 Å². The number of hydrogen-bond acceptors (Lipinski definition) is 2. The predicted octanol–water partition coefficient (Wildman–Crippen LogP) is 1.95. The minimum atomic E-state index is 0.117. The van der Waals surface area contributed by atoms with Gasteiger partial charge in [0, 0.05) is 29.0 Å². The Labute approximate surface area is 108 Å². The maximum Gasteiger partial charge on any atom is 0.255 e. The van der Waals surface area contributed by atoms with Gasteiger partial charge in [-0.05, 0) is 40.5 Å². The summed E-state index contributed by atoms with van der Waals surface area (Å²) in [6.07, 6.45) is 0.929. The monoisotopic (exact) mass is 292 g/mol. The number of fused-ring (bicyclic) bond motifs is 3. The molecular formula is C13H13BrN2O. The number of aryl methyl sites for hydroxylation is 1. The molecule has 0 spiro atoms. The third-order valence-corrected chi connectivity index (χ3v) is 4.07. The van der Waals surface area contributed by atoms with E-state index in [0.717, 1.165) is 28.5 Å². The van der Waals surface area contributed by atoms with Crippen molar-refractivity contribution in [2.24, 2.45) is 7.05 Å². The lowest BCUT2D eigenvalue weighted by atomic mass is 9.97. The average molecular weight is 293 g/mol. The van der Waals surface area contributed by atoms with Crippen LogP contribution in [0.2, 0.25) is 0 Å². The van der Waals surface area contributed by atoms with Crippen LogP contribution in [0.15, 0.2) is 27.5 Å². The van der Waals surface area contributed by atoms with E-state index in [1.807, 2.05) is 19.2 Å². The summed E-state index contributed by atoms with van der Waals surface area (Å²) in [4.78, 5) is 12.3. The molecule has 3 rings (SSSR count). The smallest absolute Gasteiger partial charge is 0.255 e. The third kappa shape index (κ3) is 1.55. The van der Waals surface area contributed by atoms with Crippen molar-refractivity contribution in [3.05, 3.63) is 44.2 Å². The second-order valence-corrected chi connectivity index (χ2v) is 5.24. The highest BCUT2D eigenvalue weighted by Gasteiger charge is 2.18. The van der Waals surface area contributed by atoms with E-state index in [-0.39, 0.29) is 5.56 Å². The van der Waals surface area contributed by atoms with E-state index in [9.17, 15) is 4.79 Å². The first-order valence-electron chi connectivity index (χ1n) is 5.70. The number of para-hydroxylation sites is 1. The fourth-order valence-corrected chi connectivity index (χ4v) is 3.22. The lowest BCUT2D eigenvalue weighted by Crippen LogP contribution is -2.33. The van der Waals surface area contributed by atoms with Crippen LogP contribution in [0.5, 0.6) is 0 Å². The van der Waals surface area contributed by atoms with Crippen LogP contribution >= 0.6 is 15.9 Å². The van der Waals surface area contributed by atoms with Gasteiger partial charge in [0.15, 0.2) is 0 Å². The molecule has 1 N–H and O–H groups in total. The van der Waals surface area contributed by atoms with Gasteiger partial charge < -0.3 is 9.88 Å². The van der Waals surface area contributed by atoms with E-state index in [0.29, 0.717) is 6.54 Å². The molecule has 1 aliphatic heterocycles. The van der Waals surface area contributed by atoms with Gasteiger partial charge >= 0.3 is 0 Å². The first-order chi connectivity index (χ1) is 8.20. The van der Waals surface area contributed by atoms with Crippen molar-refractivity contribution >= 4 is 26.8 Å². The molecule has 0 bridgehead atoms. The Morgan fingerprint density at radius 3 is 3.00 bits per heavy atom. The molecule has 88 valence electrons. The first-order valence-corrected chi connectivity index (χ1v) is 6.49. The van der Waals surface area contributed by atoms with E-state index < -0.39 is 0 Å². The molecule has 0 unspecified atom stereocenters. The maximum atomic E-state index is 12.3. The number of aromatic nitrogens is 1. The molecule has 0 saturated carbocycles. The van der Waals surface area contributed by atoms with Crippen molar-refractivity contribution in [1.29, 1.82) is 0 Å². The summed E-state index contributed by atoms with van der Waals surface area (Å²) in [6, 6.07) is 6.11. The topological polar surface area (TPSA) is 34.0 Å². The van der Waals surface area contributed by atoms with Gasteiger partial charge in [-0.25, -0.2) is 0 Å². The molecule has 17 heavy (non-hydrogen) atoms. The molecule has 0 amide bonds. The average Bonchev–Trinajstić information content (AvgIpc) is 2.36. The minimum Gasteiger partial charge on any atom is -0.312 e. The highest BCUT2D eigenvalue weighted by molar-refractivity contribution is 9.10. The van der Waals surface area contributed by atoms with Crippen LogP contribution in [0.3, 0.4) is 0 Å². The summed E-state index contributed by atoms with van der Waals surface area (Å²) in [6.45, 7) is 1.63. The predicted molar refractivity (Wildman–Crippen MR) is 72.3 cm³/mol. The Kier molecular flexibility index (Phi) is 2.56. The van der Waals surface area contributed by atoms with Gasteiger partial charge in [-0.15, -0.1) is 0 Å². The Balaban J connectivity index is 2.54. The molecule has 0 saturated heterocycles. The summed E-state index contributed by atoms with van der Waals surface area (Å²) < 4.78 is 2.72. The number of halogens is 1. The highest BCUT2D eigenvalue weighted by atomic mass is 79.9. The molecule has 4 heteroatoms. The molecule has 1 aromatic heterocycles. The second kappa shape index (κ2) is 3.96. The fourth-order valence-electron chi connectivity index (χ4n) is 2.59. The Morgan fingerprint density at radius 2 is 2.18 bits per heavy atom. The number of hydrogen-bond donors (Lipinski definition) is 1. The van der Waals surface area contributed by atoms with Gasteiger partial charge in [-0.1, -0.05) is 12.1 Å². The number of rotatable bonds is 0. The van der Waals surface area contributed by atoms with Gasteiger partial charge in [0.05, 0.1) is 5.52 Å². The van der Waals surface area contributed by atoms with Gasteiger partial charge in [-0.2, -0.15) is 0 Å². The molecule has 0 radical (unpaired) electrons. The molecule has 2 aromatic rings. The Bertz CT molecular complexity index is 660. The maximum absolute atomic E-state index is 12.3. The van der Waals surface area contributed by atoms with Crippen molar-refractivity contribution in [2.45, 2.75) is 13.0 Å². The quantitative estimate of drug-likeness (QED) is 0.805. The molecule has 3 nitrogen and oxygen atoms in total. The number of nitrogens with one attached hydrogen (secondary N) is 1. The van der Waals surface area contributed by atoms with Gasteiger partial charge in [0.1, 0.15) is 0 Å². The Morgan fingerprint density at radius 1 is 1.35 bits per heavy atom. The van der Waals surface area contributed by atoms with Crippen LogP contribution in [-0.2, 0) is 20.0 Å². The standard InChI is InChI=1S/C13H13BrN2O/c1-16-12-9(3-2-4-11(12)14)8-5-6-15-7-10(8)13(16)17/h2-4,15H,5-7H2,1H3. The van der Waals surface area contributed by atoms with Crippen molar-refractivity contribution < 1.29 is 0 Å². The molecule has 0 atom stereocenters. The number of pyridine rings is 1. The largest absolute Gasteiger partial charge is 0.312 e. The summed E-state index contributed by atoms with van der Waals surface area (Å²) in [5.41, 5.74) is 3.25. The van der Waals surface area contributed by atoms with Crippen LogP contribution in [0, 0.1) is 0 Å². The zero-order valence-electron chi connectivity index (χ0n) is 9.59. The molecule has 1 aromatic carbocycles.